The Bertz CT molecular complexity index is 760. The largest absolute Gasteiger partial charge is 0.381 e. The van der Waals surface area contributed by atoms with Crippen LogP contribution < -0.4 is 10.6 Å². The highest BCUT2D eigenvalue weighted by atomic mass is 16.5. The average molecular weight is 341 g/mol. The monoisotopic (exact) mass is 341 g/mol. The highest BCUT2D eigenvalue weighted by molar-refractivity contribution is 5.97. The lowest BCUT2D eigenvalue weighted by molar-refractivity contribution is -0.117. The van der Waals surface area contributed by atoms with Crippen LogP contribution in [0.5, 0.6) is 0 Å². The number of hydrogen-bond donors (Lipinski definition) is 3. The molecule has 0 saturated carbocycles. The van der Waals surface area contributed by atoms with E-state index >= 15 is 0 Å². The number of ether oxygens (including phenoxy) is 1. The van der Waals surface area contributed by atoms with Crippen molar-refractivity contribution >= 4 is 22.6 Å². The molecule has 7 nitrogen and oxygen atoms in total. The third kappa shape index (κ3) is 5.94. The summed E-state index contributed by atoms with van der Waals surface area (Å²) in [5.41, 5.74) is 2.52. The Morgan fingerprint density at radius 3 is 3.04 bits per heavy atom. The Kier molecular flexibility index (Phi) is 7.47. The third-order valence-corrected chi connectivity index (χ3v) is 3.56. The number of nitriles is 1. The lowest BCUT2D eigenvalue weighted by atomic mass is 10.2. The van der Waals surface area contributed by atoms with Gasteiger partial charge in [0.25, 0.3) is 5.91 Å². The van der Waals surface area contributed by atoms with Gasteiger partial charge in [0.2, 0.25) is 0 Å². The van der Waals surface area contributed by atoms with Crippen LogP contribution in [0.1, 0.15) is 26.2 Å². The van der Waals surface area contributed by atoms with E-state index < -0.39 is 5.91 Å². The molecule has 25 heavy (non-hydrogen) atoms. The first kappa shape index (κ1) is 18.5. The summed E-state index contributed by atoms with van der Waals surface area (Å²) in [5, 5.41) is 14.8. The molecule has 1 aromatic heterocycles. The van der Waals surface area contributed by atoms with Gasteiger partial charge in [0.15, 0.2) is 0 Å². The highest BCUT2D eigenvalue weighted by Crippen LogP contribution is 2.15. The maximum atomic E-state index is 12.0. The Balaban J connectivity index is 1.78. The number of unbranched alkanes of at least 4 members (excludes halogenated alkanes) is 1. The minimum atomic E-state index is -0.397. The van der Waals surface area contributed by atoms with Crippen molar-refractivity contribution in [2.45, 2.75) is 26.2 Å². The predicted octanol–water partition coefficient (Wildman–Crippen LogP) is 2.71. The molecule has 0 saturated heterocycles. The van der Waals surface area contributed by atoms with E-state index in [4.69, 9.17) is 10.00 Å². The number of anilines is 1. The minimum Gasteiger partial charge on any atom is -0.381 e. The van der Waals surface area contributed by atoms with Crippen LogP contribution in [0.3, 0.4) is 0 Å². The number of H-pyrrole nitrogens is 1. The van der Waals surface area contributed by atoms with Crippen LogP contribution in [0.15, 0.2) is 36.3 Å². The molecule has 0 unspecified atom stereocenters. The standard InChI is InChI=1S/C18H23N5O2/c1-2-3-8-25-9-4-7-20-18(24)14(11-19)12-21-15-5-6-16-17(10-15)23-13-22-16/h5-6,10,12-13,21H,2-4,7-9H2,1H3,(H,20,24)(H,22,23)/b14-12-. The summed E-state index contributed by atoms with van der Waals surface area (Å²) in [6, 6.07) is 7.46. The fourth-order valence-electron chi connectivity index (χ4n) is 2.15. The molecule has 0 aliphatic heterocycles. The molecule has 0 spiro atoms. The molecule has 0 aliphatic rings. The van der Waals surface area contributed by atoms with Crippen molar-refractivity contribution in [2.24, 2.45) is 0 Å². The lowest BCUT2D eigenvalue weighted by Gasteiger charge is -2.06. The normalized spacial score (nSPS) is 11.3. The summed E-state index contributed by atoms with van der Waals surface area (Å²) >= 11 is 0. The van der Waals surface area contributed by atoms with E-state index in [0.717, 1.165) is 42.6 Å². The van der Waals surface area contributed by atoms with Gasteiger partial charge in [0.05, 0.1) is 17.4 Å². The van der Waals surface area contributed by atoms with Crippen molar-refractivity contribution in [1.82, 2.24) is 15.3 Å². The minimum absolute atomic E-state index is 0.0246. The van der Waals surface area contributed by atoms with Gasteiger partial charge in [0.1, 0.15) is 11.6 Å². The predicted molar refractivity (Wildman–Crippen MR) is 96.8 cm³/mol. The second-order valence-electron chi connectivity index (χ2n) is 5.52. The molecule has 1 aromatic carbocycles. The van der Waals surface area contributed by atoms with Gasteiger partial charge < -0.3 is 20.4 Å². The van der Waals surface area contributed by atoms with E-state index in [-0.39, 0.29) is 5.57 Å². The lowest BCUT2D eigenvalue weighted by Crippen LogP contribution is -2.26. The van der Waals surface area contributed by atoms with E-state index in [0.29, 0.717) is 13.2 Å². The first-order valence-corrected chi connectivity index (χ1v) is 8.40. The summed E-state index contributed by atoms with van der Waals surface area (Å²) < 4.78 is 5.43. The first-order chi connectivity index (χ1) is 12.2. The molecule has 0 radical (unpaired) electrons. The Labute approximate surface area is 147 Å². The van der Waals surface area contributed by atoms with Gasteiger partial charge in [-0.15, -0.1) is 0 Å². The number of nitrogens with zero attached hydrogens (tertiary/aromatic N) is 2. The summed E-state index contributed by atoms with van der Waals surface area (Å²) in [4.78, 5) is 19.2. The molecule has 0 fully saturated rings. The molecule has 1 heterocycles. The van der Waals surface area contributed by atoms with Crippen molar-refractivity contribution in [3.05, 3.63) is 36.3 Å². The van der Waals surface area contributed by atoms with E-state index in [1.54, 1.807) is 6.33 Å². The number of amides is 1. The molecule has 2 rings (SSSR count). The molecule has 132 valence electrons. The number of benzene rings is 1. The highest BCUT2D eigenvalue weighted by Gasteiger charge is 2.08. The Morgan fingerprint density at radius 2 is 2.24 bits per heavy atom. The summed E-state index contributed by atoms with van der Waals surface area (Å²) in [6.45, 7) is 3.94. The van der Waals surface area contributed by atoms with Crippen LogP contribution in [0.2, 0.25) is 0 Å². The second-order valence-corrected chi connectivity index (χ2v) is 5.52. The number of carbonyl (C=O) groups is 1. The Hall–Kier alpha value is -2.85. The topological polar surface area (TPSA) is 103 Å². The maximum absolute atomic E-state index is 12.0. The van der Waals surface area contributed by atoms with Crippen LogP contribution >= 0.6 is 0 Å². The van der Waals surface area contributed by atoms with Crippen LogP contribution in [0, 0.1) is 11.3 Å². The van der Waals surface area contributed by atoms with Gasteiger partial charge in [-0.3, -0.25) is 4.79 Å². The number of nitrogens with one attached hydrogen (secondary N) is 3. The number of fused-ring (bicyclic) bond motifs is 1. The summed E-state index contributed by atoms with van der Waals surface area (Å²) in [5.74, 6) is -0.397. The van der Waals surface area contributed by atoms with E-state index in [9.17, 15) is 4.79 Å². The number of carbonyl (C=O) groups excluding carboxylic acids is 1. The fourth-order valence-corrected chi connectivity index (χ4v) is 2.15. The van der Waals surface area contributed by atoms with Crippen molar-refractivity contribution in [3.8, 4) is 6.07 Å². The molecule has 0 bridgehead atoms. The van der Waals surface area contributed by atoms with Crippen molar-refractivity contribution in [2.75, 3.05) is 25.1 Å². The fraction of sp³-hybridized carbons (Fsp3) is 0.389. The second kappa shape index (κ2) is 10.1. The van der Waals surface area contributed by atoms with E-state index in [2.05, 4.69) is 27.5 Å². The molecule has 2 aromatic rings. The smallest absolute Gasteiger partial charge is 0.263 e. The van der Waals surface area contributed by atoms with Crippen LogP contribution in [0.25, 0.3) is 11.0 Å². The van der Waals surface area contributed by atoms with Crippen LogP contribution in [-0.4, -0.2) is 35.6 Å². The molecule has 3 N–H and O–H groups in total. The van der Waals surface area contributed by atoms with E-state index in [1.165, 1.54) is 6.20 Å². The summed E-state index contributed by atoms with van der Waals surface area (Å²) in [6.07, 6.45) is 5.89. The number of imidazole rings is 1. The molecule has 7 heteroatoms. The number of aromatic nitrogens is 2. The third-order valence-electron chi connectivity index (χ3n) is 3.56. The van der Waals surface area contributed by atoms with Crippen LogP contribution in [-0.2, 0) is 9.53 Å². The Morgan fingerprint density at radius 1 is 1.40 bits per heavy atom. The van der Waals surface area contributed by atoms with Crippen molar-refractivity contribution in [1.29, 1.82) is 5.26 Å². The van der Waals surface area contributed by atoms with E-state index in [1.807, 2.05) is 24.3 Å². The zero-order chi connectivity index (χ0) is 17.9. The van der Waals surface area contributed by atoms with Crippen molar-refractivity contribution < 1.29 is 9.53 Å². The SMILES string of the molecule is CCCCOCCCNC(=O)/C(C#N)=C\Nc1ccc2nc[nH]c2c1. The number of rotatable bonds is 10. The van der Waals surface area contributed by atoms with Crippen LogP contribution in [0.4, 0.5) is 5.69 Å². The van der Waals surface area contributed by atoms with Gasteiger partial charge in [-0.25, -0.2) is 4.98 Å². The zero-order valence-corrected chi connectivity index (χ0v) is 14.3. The van der Waals surface area contributed by atoms with Gasteiger partial charge in [-0.1, -0.05) is 13.3 Å². The number of hydrogen-bond acceptors (Lipinski definition) is 5. The molecular formula is C18H23N5O2. The number of aromatic amines is 1. The quantitative estimate of drug-likeness (QED) is 0.350. The molecule has 0 aliphatic carbocycles. The first-order valence-electron chi connectivity index (χ1n) is 8.40. The van der Waals surface area contributed by atoms with Gasteiger partial charge in [-0.05, 0) is 31.0 Å². The molecule has 0 atom stereocenters. The average Bonchev–Trinajstić information content (AvgIpc) is 3.09. The maximum Gasteiger partial charge on any atom is 0.263 e. The molecular weight excluding hydrogens is 318 g/mol. The van der Waals surface area contributed by atoms with Gasteiger partial charge in [0, 0.05) is 31.6 Å². The molecule has 1 amide bonds. The zero-order valence-electron chi connectivity index (χ0n) is 14.3. The van der Waals surface area contributed by atoms with Crippen molar-refractivity contribution in [3.63, 3.8) is 0 Å². The van der Waals surface area contributed by atoms with Gasteiger partial charge >= 0.3 is 0 Å². The van der Waals surface area contributed by atoms with Gasteiger partial charge in [-0.2, -0.15) is 5.26 Å². The summed E-state index contributed by atoms with van der Waals surface area (Å²) in [7, 11) is 0.